The van der Waals surface area contributed by atoms with Crippen LogP contribution in [0.2, 0.25) is 0 Å². The average Bonchev–Trinajstić information content (AvgIpc) is 3.07. The second-order valence-corrected chi connectivity index (χ2v) is 4.82. The molecule has 6 nitrogen and oxygen atoms in total. The molecule has 0 bridgehead atoms. The summed E-state index contributed by atoms with van der Waals surface area (Å²) in [6, 6.07) is 3.73. The van der Waals surface area contributed by atoms with Crippen molar-refractivity contribution in [2.75, 3.05) is 32.8 Å². The molecule has 1 aliphatic rings. The van der Waals surface area contributed by atoms with Gasteiger partial charge in [-0.2, -0.15) is 5.10 Å². The smallest absolute Gasteiger partial charge is 0.198 e. The molecular weight excluding hydrogens is 264 g/mol. The lowest BCUT2D eigenvalue weighted by molar-refractivity contribution is 0.0364. The van der Waals surface area contributed by atoms with E-state index in [-0.39, 0.29) is 0 Å². The van der Waals surface area contributed by atoms with Gasteiger partial charge >= 0.3 is 0 Å². The Balaban J connectivity index is 1.73. The first-order valence-corrected chi connectivity index (χ1v) is 6.74. The summed E-state index contributed by atoms with van der Waals surface area (Å²) in [5, 5.41) is 7.06. The van der Waals surface area contributed by atoms with Crippen LogP contribution in [0.15, 0.2) is 22.8 Å². The van der Waals surface area contributed by atoms with Gasteiger partial charge in [-0.15, -0.1) is 0 Å². The van der Waals surface area contributed by atoms with E-state index >= 15 is 0 Å². The summed E-state index contributed by atoms with van der Waals surface area (Å²) in [5.74, 6) is 1.48. The number of rotatable bonds is 4. The van der Waals surface area contributed by atoms with Crippen LogP contribution < -0.4 is 0 Å². The number of aromatic amines is 1. The van der Waals surface area contributed by atoms with Crippen molar-refractivity contribution in [2.24, 2.45) is 0 Å². The van der Waals surface area contributed by atoms with Crippen molar-refractivity contribution in [3.8, 4) is 11.6 Å². The lowest BCUT2D eigenvalue weighted by atomic mass is 10.4. The standard InChI is InChI=1S/C12H16N4O2S/c19-12-14-13-11(10-2-1-7-18-10)16(12)4-3-15-5-8-17-9-6-15/h1-2,7H,3-6,8-9H2,(H,14,19). The van der Waals surface area contributed by atoms with Crippen LogP contribution in [0.25, 0.3) is 11.6 Å². The van der Waals surface area contributed by atoms with Gasteiger partial charge < -0.3 is 9.15 Å². The number of ether oxygens (including phenoxy) is 1. The Bertz CT molecular complexity index is 569. The first-order chi connectivity index (χ1) is 9.34. The van der Waals surface area contributed by atoms with E-state index in [4.69, 9.17) is 21.4 Å². The molecule has 2 aromatic heterocycles. The molecule has 0 amide bonds. The zero-order valence-corrected chi connectivity index (χ0v) is 11.4. The van der Waals surface area contributed by atoms with Crippen LogP contribution in [0.4, 0.5) is 0 Å². The Labute approximate surface area is 116 Å². The molecule has 19 heavy (non-hydrogen) atoms. The largest absolute Gasteiger partial charge is 0.461 e. The first kappa shape index (κ1) is 12.6. The van der Waals surface area contributed by atoms with Crippen LogP contribution in [0, 0.1) is 4.77 Å². The molecule has 0 unspecified atom stereocenters. The lowest BCUT2D eigenvalue weighted by Gasteiger charge is -2.26. The van der Waals surface area contributed by atoms with Crippen LogP contribution in [0.5, 0.6) is 0 Å². The molecule has 1 N–H and O–H groups in total. The SMILES string of the molecule is S=c1[nH]nc(-c2ccco2)n1CCN1CCOCC1. The second-order valence-electron chi connectivity index (χ2n) is 4.44. The molecule has 1 aliphatic heterocycles. The van der Waals surface area contributed by atoms with E-state index in [2.05, 4.69) is 15.1 Å². The minimum atomic E-state index is 0.625. The third kappa shape index (κ3) is 2.78. The fraction of sp³-hybridized carbons (Fsp3) is 0.500. The maximum absolute atomic E-state index is 5.38. The van der Waals surface area contributed by atoms with Crippen LogP contribution in [0.1, 0.15) is 0 Å². The summed E-state index contributed by atoms with van der Waals surface area (Å²) < 4.78 is 13.3. The van der Waals surface area contributed by atoms with Gasteiger partial charge in [0.2, 0.25) is 0 Å². The van der Waals surface area contributed by atoms with Crippen molar-refractivity contribution in [2.45, 2.75) is 6.54 Å². The summed E-state index contributed by atoms with van der Waals surface area (Å²) in [6.45, 7) is 5.29. The van der Waals surface area contributed by atoms with E-state index in [1.54, 1.807) is 6.26 Å². The number of nitrogens with zero attached hydrogens (tertiary/aromatic N) is 3. The Morgan fingerprint density at radius 3 is 2.89 bits per heavy atom. The highest BCUT2D eigenvalue weighted by atomic mass is 32.1. The molecule has 2 aromatic rings. The maximum Gasteiger partial charge on any atom is 0.198 e. The highest BCUT2D eigenvalue weighted by Gasteiger charge is 2.14. The number of furan rings is 1. The van der Waals surface area contributed by atoms with E-state index in [0.29, 0.717) is 4.77 Å². The Hall–Kier alpha value is -1.44. The minimum Gasteiger partial charge on any atom is -0.461 e. The lowest BCUT2D eigenvalue weighted by Crippen LogP contribution is -2.38. The van der Waals surface area contributed by atoms with Gasteiger partial charge in [0, 0.05) is 26.2 Å². The quantitative estimate of drug-likeness (QED) is 0.861. The van der Waals surface area contributed by atoms with Gasteiger partial charge in [0.25, 0.3) is 0 Å². The molecule has 0 saturated carbocycles. The molecule has 0 atom stereocenters. The molecule has 7 heteroatoms. The van der Waals surface area contributed by atoms with Gasteiger partial charge in [-0.3, -0.25) is 14.6 Å². The molecule has 102 valence electrons. The normalized spacial score (nSPS) is 16.8. The van der Waals surface area contributed by atoms with E-state index in [9.17, 15) is 0 Å². The maximum atomic E-state index is 5.38. The average molecular weight is 280 g/mol. The Morgan fingerprint density at radius 2 is 2.16 bits per heavy atom. The van der Waals surface area contributed by atoms with E-state index in [0.717, 1.165) is 51.0 Å². The number of nitrogens with one attached hydrogen (secondary N) is 1. The van der Waals surface area contributed by atoms with Crippen LogP contribution >= 0.6 is 12.2 Å². The van der Waals surface area contributed by atoms with Crippen molar-refractivity contribution < 1.29 is 9.15 Å². The number of H-pyrrole nitrogens is 1. The summed E-state index contributed by atoms with van der Waals surface area (Å²) in [7, 11) is 0. The summed E-state index contributed by atoms with van der Waals surface area (Å²) >= 11 is 5.27. The molecule has 1 saturated heterocycles. The van der Waals surface area contributed by atoms with Crippen molar-refractivity contribution >= 4 is 12.2 Å². The molecule has 1 fully saturated rings. The van der Waals surface area contributed by atoms with Gasteiger partial charge in [0.15, 0.2) is 16.4 Å². The van der Waals surface area contributed by atoms with Gasteiger partial charge in [0.1, 0.15) is 0 Å². The Kier molecular flexibility index (Phi) is 3.77. The summed E-state index contributed by atoms with van der Waals surface area (Å²) in [6.07, 6.45) is 1.64. The molecule has 0 aliphatic carbocycles. The predicted octanol–water partition coefficient (Wildman–Crippen LogP) is 1.53. The second kappa shape index (κ2) is 5.68. The van der Waals surface area contributed by atoms with Gasteiger partial charge in [-0.25, -0.2) is 0 Å². The molecule has 3 rings (SSSR count). The number of aromatic nitrogens is 3. The van der Waals surface area contributed by atoms with Crippen molar-refractivity contribution in [1.82, 2.24) is 19.7 Å². The van der Waals surface area contributed by atoms with E-state index < -0.39 is 0 Å². The third-order valence-corrected chi connectivity index (χ3v) is 3.56. The van der Waals surface area contributed by atoms with Gasteiger partial charge in [0.05, 0.1) is 19.5 Å². The van der Waals surface area contributed by atoms with Gasteiger partial charge in [-0.05, 0) is 24.4 Å². The highest BCUT2D eigenvalue weighted by Crippen LogP contribution is 2.17. The van der Waals surface area contributed by atoms with Crippen LogP contribution in [-0.4, -0.2) is 52.5 Å². The highest BCUT2D eigenvalue weighted by molar-refractivity contribution is 7.71. The topological polar surface area (TPSA) is 59.2 Å². The molecule has 0 radical (unpaired) electrons. The zero-order chi connectivity index (χ0) is 13.1. The minimum absolute atomic E-state index is 0.625. The fourth-order valence-corrected chi connectivity index (χ4v) is 2.41. The molecule has 0 aromatic carbocycles. The number of hydrogen-bond donors (Lipinski definition) is 1. The van der Waals surface area contributed by atoms with E-state index in [1.165, 1.54) is 0 Å². The molecule has 0 spiro atoms. The predicted molar refractivity (Wildman–Crippen MR) is 72.4 cm³/mol. The van der Waals surface area contributed by atoms with Crippen molar-refractivity contribution in [1.29, 1.82) is 0 Å². The molecule has 3 heterocycles. The molecular formula is C12H16N4O2S. The summed E-state index contributed by atoms with van der Waals surface area (Å²) in [4.78, 5) is 2.37. The van der Waals surface area contributed by atoms with Crippen LogP contribution in [-0.2, 0) is 11.3 Å². The third-order valence-electron chi connectivity index (χ3n) is 3.24. The number of morpholine rings is 1. The van der Waals surface area contributed by atoms with Crippen molar-refractivity contribution in [3.63, 3.8) is 0 Å². The van der Waals surface area contributed by atoms with Gasteiger partial charge in [-0.1, -0.05) is 0 Å². The fourth-order valence-electron chi connectivity index (χ4n) is 2.19. The number of hydrogen-bond acceptors (Lipinski definition) is 5. The summed E-state index contributed by atoms with van der Waals surface area (Å²) in [5.41, 5.74) is 0. The monoisotopic (exact) mass is 280 g/mol. The zero-order valence-electron chi connectivity index (χ0n) is 10.5. The Morgan fingerprint density at radius 1 is 1.32 bits per heavy atom. The first-order valence-electron chi connectivity index (χ1n) is 6.34. The van der Waals surface area contributed by atoms with Crippen LogP contribution in [0.3, 0.4) is 0 Å². The van der Waals surface area contributed by atoms with Crippen molar-refractivity contribution in [3.05, 3.63) is 23.2 Å². The van der Waals surface area contributed by atoms with E-state index in [1.807, 2.05) is 16.7 Å².